The maximum Gasteiger partial charge on any atom is 0.159 e. The van der Waals surface area contributed by atoms with Gasteiger partial charge in [0.15, 0.2) is 11.6 Å². The van der Waals surface area contributed by atoms with Crippen LogP contribution in [0.3, 0.4) is 0 Å². The third kappa shape index (κ3) is 2.75. The van der Waals surface area contributed by atoms with Crippen molar-refractivity contribution in [2.75, 3.05) is 0 Å². The zero-order chi connectivity index (χ0) is 10.7. The van der Waals surface area contributed by atoms with E-state index in [0.717, 1.165) is 12.1 Å². The van der Waals surface area contributed by atoms with Gasteiger partial charge in [0.25, 0.3) is 0 Å². The molecule has 0 saturated carbocycles. The summed E-state index contributed by atoms with van der Waals surface area (Å²) in [6.45, 7) is 1.44. The first-order valence-corrected chi connectivity index (χ1v) is 4.30. The minimum atomic E-state index is -0.958. The van der Waals surface area contributed by atoms with Gasteiger partial charge in [-0.05, 0) is 24.6 Å². The van der Waals surface area contributed by atoms with E-state index in [0.29, 0.717) is 5.56 Å². The van der Waals surface area contributed by atoms with Crippen LogP contribution < -0.4 is 0 Å². The van der Waals surface area contributed by atoms with Gasteiger partial charge < -0.3 is 10.2 Å². The first-order chi connectivity index (χ1) is 6.50. The highest BCUT2D eigenvalue weighted by Crippen LogP contribution is 2.11. The van der Waals surface area contributed by atoms with Crippen LogP contribution in [0.25, 0.3) is 0 Å². The quantitative estimate of drug-likeness (QED) is 0.774. The highest BCUT2D eigenvalue weighted by molar-refractivity contribution is 5.18. The molecule has 0 aliphatic rings. The summed E-state index contributed by atoms with van der Waals surface area (Å²) in [6, 6.07) is 3.39. The van der Waals surface area contributed by atoms with Crippen molar-refractivity contribution < 1.29 is 19.0 Å². The molecular weight excluding hydrogens is 190 g/mol. The van der Waals surface area contributed by atoms with Gasteiger partial charge >= 0.3 is 0 Å². The van der Waals surface area contributed by atoms with Gasteiger partial charge in [0.1, 0.15) is 0 Å². The van der Waals surface area contributed by atoms with E-state index in [-0.39, 0.29) is 6.42 Å². The Bertz CT molecular complexity index is 313. The van der Waals surface area contributed by atoms with Gasteiger partial charge in [0.2, 0.25) is 0 Å². The summed E-state index contributed by atoms with van der Waals surface area (Å²) >= 11 is 0. The van der Waals surface area contributed by atoms with Gasteiger partial charge in [0.05, 0.1) is 12.2 Å². The first kappa shape index (κ1) is 11.1. The Morgan fingerprint density at radius 3 is 2.36 bits per heavy atom. The van der Waals surface area contributed by atoms with Crippen LogP contribution in [0, 0.1) is 11.6 Å². The minimum Gasteiger partial charge on any atom is -0.391 e. The number of aliphatic hydroxyl groups excluding tert-OH is 2. The first-order valence-electron chi connectivity index (χ1n) is 4.30. The van der Waals surface area contributed by atoms with E-state index in [2.05, 4.69) is 0 Å². The molecule has 2 unspecified atom stereocenters. The lowest BCUT2D eigenvalue weighted by Crippen LogP contribution is -2.24. The molecule has 2 N–H and O–H groups in total. The minimum absolute atomic E-state index is 0.106. The molecule has 0 heterocycles. The molecular formula is C10H12F2O2. The summed E-state index contributed by atoms with van der Waals surface area (Å²) in [7, 11) is 0. The lowest BCUT2D eigenvalue weighted by Gasteiger charge is -2.13. The van der Waals surface area contributed by atoms with Crippen molar-refractivity contribution in [3.63, 3.8) is 0 Å². The van der Waals surface area contributed by atoms with Crippen molar-refractivity contribution in [1.29, 1.82) is 0 Å². The van der Waals surface area contributed by atoms with E-state index in [4.69, 9.17) is 5.11 Å². The van der Waals surface area contributed by atoms with E-state index in [9.17, 15) is 13.9 Å². The van der Waals surface area contributed by atoms with Gasteiger partial charge in [-0.15, -0.1) is 0 Å². The summed E-state index contributed by atoms with van der Waals surface area (Å²) in [5.41, 5.74) is 0.456. The number of aliphatic hydroxyl groups is 2. The molecule has 0 amide bonds. The van der Waals surface area contributed by atoms with E-state index >= 15 is 0 Å². The normalized spacial score (nSPS) is 15.2. The van der Waals surface area contributed by atoms with Gasteiger partial charge in [-0.1, -0.05) is 6.07 Å². The topological polar surface area (TPSA) is 40.5 Å². The van der Waals surface area contributed by atoms with Crippen molar-refractivity contribution in [2.24, 2.45) is 0 Å². The number of benzene rings is 1. The van der Waals surface area contributed by atoms with Crippen LogP contribution in [0.5, 0.6) is 0 Å². The molecule has 0 bridgehead atoms. The molecule has 2 atom stereocenters. The van der Waals surface area contributed by atoms with Crippen molar-refractivity contribution >= 4 is 0 Å². The van der Waals surface area contributed by atoms with E-state index in [1.807, 2.05) is 0 Å². The molecule has 0 spiro atoms. The fraction of sp³-hybridized carbons (Fsp3) is 0.400. The predicted octanol–water partition coefficient (Wildman–Crippen LogP) is 1.25. The second-order valence-electron chi connectivity index (χ2n) is 3.26. The number of rotatable bonds is 3. The van der Waals surface area contributed by atoms with E-state index in [1.165, 1.54) is 13.0 Å². The molecule has 0 saturated heterocycles. The monoisotopic (exact) mass is 202 g/mol. The zero-order valence-corrected chi connectivity index (χ0v) is 7.74. The van der Waals surface area contributed by atoms with Gasteiger partial charge in [-0.25, -0.2) is 8.78 Å². The third-order valence-electron chi connectivity index (χ3n) is 1.99. The van der Waals surface area contributed by atoms with Crippen molar-refractivity contribution in [3.05, 3.63) is 35.4 Å². The van der Waals surface area contributed by atoms with Crippen molar-refractivity contribution in [2.45, 2.75) is 25.6 Å². The van der Waals surface area contributed by atoms with Crippen LogP contribution >= 0.6 is 0 Å². The van der Waals surface area contributed by atoms with Crippen LogP contribution in [0.2, 0.25) is 0 Å². The molecule has 0 radical (unpaired) electrons. The molecule has 4 heteroatoms. The molecule has 1 aromatic rings. The largest absolute Gasteiger partial charge is 0.391 e. The van der Waals surface area contributed by atoms with Gasteiger partial charge in [-0.3, -0.25) is 0 Å². The highest BCUT2D eigenvalue weighted by atomic mass is 19.2. The SMILES string of the molecule is CC(O)C(O)Cc1ccc(F)c(F)c1. The molecule has 78 valence electrons. The predicted molar refractivity (Wildman–Crippen MR) is 47.7 cm³/mol. The van der Waals surface area contributed by atoms with Crippen molar-refractivity contribution in [3.8, 4) is 0 Å². The maximum atomic E-state index is 12.7. The average molecular weight is 202 g/mol. The Labute approximate surface area is 80.8 Å². The number of hydrogen-bond donors (Lipinski definition) is 2. The van der Waals surface area contributed by atoms with Crippen LogP contribution in [0.4, 0.5) is 8.78 Å². The van der Waals surface area contributed by atoms with E-state index in [1.54, 1.807) is 0 Å². The lowest BCUT2D eigenvalue weighted by atomic mass is 10.0. The summed E-state index contributed by atoms with van der Waals surface area (Å²) in [5.74, 6) is -1.86. The van der Waals surface area contributed by atoms with Crippen LogP contribution in [0.1, 0.15) is 12.5 Å². The smallest absolute Gasteiger partial charge is 0.159 e. The molecule has 0 aliphatic heterocycles. The molecule has 2 nitrogen and oxygen atoms in total. The molecule has 1 rings (SSSR count). The summed E-state index contributed by atoms with van der Waals surface area (Å²) < 4.78 is 25.2. The lowest BCUT2D eigenvalue weighted by molar-refractivity contribution is 0.0319. The Balaban J connectivity index is 2.73. The number of hydrogen-bond acceptors (Lipinski definition) is 2. The summed E-state index contributed by atoms with van der Waals surface area (Å²) in [6.07, 6.45) is -1.74. The van der Waals surface area contributed by atoms with Gasteiger partial charge in [-0.2, -0.15) is 0 Å². The van der Waals surface area contributed by atoms with E-state index < -0.39 is 23.8 Å². The molecule has 0 aliphatic carbocycles. The second-order valence-corrected chi connectivity index (χ2v) is 3.26. The number of halogens is 2. The Morgan fingerprint density at radius 1 is 1.21 bits per heavy atom. The summed E-state index contributed by atoms with van der Waals surface area (Å²) in [4.78, 5) is 0. The zero-order valence-electron chi connectivity index (χ0n) is 7.74. The highest BCUT2D eigenvalue weighted by Gasteiger charge is 2.12. The standard InChI is InChI=1S/C10H12F2O2/c1-6(13)10(14)5-7-2-3-8(11)9(12)4-7/h2-4,6,10,13-14H,5H2,1H3. The van der Waals surface area contributed by atoms with Crippen LogP contribution in [-0.4, -0.2) is 22.4 Å². The third-order valence-corrected chi connectivity index (χ3v) is 1.99. The Kier molecular flexibility index (Phi) is 3.55. The Morgan fingerprint density at radius 2 is 1.86 bits per heavy atom. The Hall–Kier alpha value is -1.00. The fourth-order valence-electron chi connectivity index (χ4n) is 1.08. The fourth-order valence-corrected chi connectivity index (χ4v) is 1.08. The summed E-state index contributed by atoms with van der Waals surface area (Å²) in [5, 5.41) is 18.3. The van der Waals surface area contributed by atoms with Gasteiger partial charge in [0, 0.05) is 6.42 Å². The molecule has 14 heavy (non-hydrogen) atoms. The van der Waals surface area contributed by atoms with Crippen LogP contribution in [0.15, 0.2) is 18.2 Å². The average Bonchev–Trinajstić information content (AvgIpc) is 2.11. The maximum absolute atomic E-state index is 12.7. The molecule has 0 aromatic heterocycles. The molecule has 1 aromatic carbocycles. The molecule has 0 fully saturated rings. The van der Waals surface area contributed by atoms with Crippen molar-refractivity contribution in [1.82, 2.24) is 0 Å². The second kappa shape index (κ2) is 4.48. The van der Waals surface area contributed by atoms with Crippen LogP contribution in [-0.2, 0) is 6.42 Å².